The Hall–Kier alpha value is -2.86. The summed E-state index contributed by atoms with van der Waals surface area (Å²) >= 11 is 0. The summed E-state index contributed by atoms with van der Waals surface area (Å²) in [4.78, 5) is 15.2. The fourth-order valence-electron chi connectivity index (χ4n) is 4.02. The topological polar surface area (TPSA) is 59.4 Å². The Morgan fingerprint density at radius 1 is 1.14 bits per heavy atom. The molecule has 152 valence electrons. The van der Waals surface area contributed by atoms with Crippen LogP contribution >= 0.6 is 0 Å². The summed E-state index contributed by atoms with van der Waals surface area (Å²) in [6.45, 7) is 2.93. The van der Waals surface area contributed by atoms with Gasteiger partial charge in [0.1, 0.15) is 5.75 Å². The number of likely N-dealkylation sites (tertiary alicyclic amines) is 1. The third kappa shape index (κ3) is 4.43. The zero-order valence-electron chi connectivity index (χ0n) is 17.1. The Bertz CT molecular complexity index is 972. The molecular weight excluding hydrogens is 364 g/mol. The lowest BCUT2D eigenvalue weighted by atomic mass is 9.95. The van der Waals surface area contributed by atoms with E-state index in [1.54, 1.807) is 7.11 Å². The number of carbonyl (C=O) groups is 1. The number of aromatic nitrogens is 2. The second-order valence-electron chi connectivity index (χ2n) is 7.69. The first-order chi connectivity index (χ1) is 14.1. The van der Waals surface area contributed by atoms with Crippen LogP contribution in [0.3, 0.4) is 0 Å². The monoisotopic (exact) mass is 392 g/mol. The van der Waals surface area contributed by atoms with Crippen molar-refractivity contribution in [2.45, 2.75) is 19.3 Å². The number of piperidine rings is 1. The van der Waals surface area contributed by atoms with Crippen LogP contribution in [0.1, 0.15) is 18.4 Å². The maximum absolute atomic E-state index is 12.8. The van der Waals surface area contributed by atoms with Crippen LogP contribution < -0.4 is 10.1 Å². The molecular formula is C23H28N4O2. The quantitative estimate of drug-likeness (QED) is 0.698. The highest BCUT2D eigenvalue weighted by atomic mass is 16.5. The minimum atomic E-state index is 0.0491. The molecule has 0 spiro atoms. The minimum Gasteiger partial charge on any atom is -0.497 e. The summed E-state index contributed by atoms with van der Waals surface area (Å²) in [7, 11) is 3.59. The largest absolute Gasteiger partial charge is 0.497 e. The summed E-state index contributed by atoms with van der Waals surface area (Å²) in [5, 5.41) is 8.52. The standard InChI is InChI=1S/C23H28N4O2/c1-26-21-6-4-3-5-20(21)22(25-26)24-23(28)18-12-15-27(16-13-18)14-11-17-7-9-19(29-2)10-8-17/h3-10,18H,11-16H2,1-2H3,(H,24,25,28). The summed E-state index contributed by atoms with van der Waals surface area (Å²) in [6, 6.07) is 16.2. The Balaban J connectivity index is 1.28. The summed E-state index contributed by atoms with van der Waals surface area (Å²) in [6.07, 6.45) is 2.79. The fraction of sp³-hybridized carbons (Fsp3) is 0.391. The van der Waals surface area contributed by atoms with Gasteiger partial charge in [0.2, 0.25) is 5.91 Å². The summed E-state index contributed by atoms with van der Waals surface area (Å²) < 4.78 is 7.02. The van der Waals surface area contributed by atoms with Gasteiger partial charge in [-0.25, -0.2) is 0 Å². The number of anilines is 1. The maximum atomic E-state index is 12.8. The molecule has 1 aliphatic rings. The van der Waals surface area contributed by atoms with E-state index in [9.17, 15) is 4.79 Å². The third-order valence-electron chi connectivity index (χ3n) is 5.83. The van der Waals surface area contributed by atoms with Gasteiger partial charge in [-0.1, -0.05) is 24.3 Å². The smallest absolute Gasteiger partial charge is 0.228 e. The van der Waals surface area contributed by atoms with Crippen molar-refractivity contribution in [3.8, 4) is 5.75 Å². The molecule has 1 N–H and O–H groups in total. The first kappa shape index (κ1) is 19.5. The first-order valence-corrected chi connectivity index (χ1v) is 10.2. The highest BCUT2D eigenvalue weighted by Gasteiger charge is 2.25. The van der Waals surface area contributed by atoms with E-state index in [0.29, 0.717) is 5.82 Å². The number of amides is 1. The average molecular weight is 393 g/mol. The van der Waals surface area contributed by atoms with Crippen molar-refractivity contribution in [2.24, 2.45) is 13.0 Å². The van der Waals surface area contributed by atoms with E-state index in [1.165, 1.54) is 5.56 Å². The molecule has 4 rings (SSSR count). The van der Waals surface area contributed by atoms with Crippen molar-refractivity contribution >= 4 is 22.6 Å². The molecule has 2 aromatic carbocycles. The molecule has 29 heavy (non-hydrogen) atoms. The lowest BCUT2D eigenvalue weighted by Crippen LogP contribution is -2.39. The van der Waals surface area contributed by atoms with E-state index in [2.05, 4.69) is 27.4 Å². The van der Waals surface area contributed by atoms with Gasteiger partial charge in [-0.05, 0) is 62.2 Å². The lowest BCUT2D eigenvalue weighted by molar-refractivity contribution is -0.121. The number of ether oxygens (including phenoxy) is 1. The van der Waals surface area contributed by atoms with Gasteiger partial charge in [0.25, 0.3) is 0 Å². The summed E-state index contributed by atoms with van der Waals surface area (Å²) in [5.41, 5.74) is 2.34. The van der Waals surface area contributed by atoms with Gasteiger partial charge >= 0.3 is 0 Å². The second kappa shape index (κ2) is 8.66. The number of nitrogens with zero attached hydrogens (tertiary/aromatic N) is 3. The van der Waals surface area contributed by atoms with Crippen LogP contribution in [-0.2, 0) is 18.3 Å². The number of benzene rings is 2. The average Bonchev–Trinajstić information content (AvgIpc) is 3.08. The Kier molecular flexibility index (Phi) is 5.81. The van der Waals surface area contributed by atoms with E-state index in [4.69, 9.17) is 4.74 Å². The first-order valence-electron chi connectivity index (χ1n) is 10.2. The lowest BCUT2D eigenvalue weighted by Gasteiger charge is -2.31. The third-order valence-corrected chi connectivity index (χ3v) is 5.83. The van der Waals surface area contributed by atoms with E-state index in [0.717, 1.165) is 55.5 Å². The van der Waals surface area contributed by atoms with Crippen LogP contribution in [0.25, 0.3) is 10.9 Å². The number of rotatable bonds is 6. The van der Waals surface area contributed by atoms with Gasteiger partial charge in [0, 0.05) is 24.9 Å². The molecule has 0 radical (unpaired) electrons. The number of methoxy groups -OCH3 is 1. The molecule has 0 atom stereocenters. The molecule has 6 heteroatoms. The van der Waals surface area contributed by atoms with Crippen LogP contribution in [0.4, 0.5) is 5.82 Å². The molecule has 0 saturated carbocycles. The molecule has 0 bridgehead atoms. The highest BCUT2D eigenvalue weighted by Crippen LogP contribution is 2.24. The van der Waals surface area contributed by atoms with Crippen LogP contribution in [-0.4, -0.2) is 47.3 Å². The second-order valence-corrected chi connectivity index (χ2v) is 7.69. The van der Waals surface area contributed by atoms with E-state index >= 15 is 0 Å². The molecule has 1 aromatic heterocycles. The number of aryl methyl sites for hydroxylation is 1. The van der Waals surface area contributed by atoms with Crippen molar-refractivity contribution in [3.05, 3.63) is 54.1 Å². The zero-order valence-corrected chi connectivity index (χ0v) is 17.1. The number of fused-ring (bicyclic) bond motifs is 1. The molecule has 0 aliphatic carbocycles. The molecule has 3 aromatic rings. The SMILES string of the molecule is COc1ccc(CCN2CCC(C(=O)Nc3nn(C)c4ccccc34)CC2)cc1. The van der Waals surface area contributed by atoms with Gasteiger partial charge in [0.15, 0.2) is 5.82 Å². The predicted molar refractivity (Wildman–Crippen MR) is 115 cm³/mol. The number of para-hydroxylation sites is 1. The number of nitrogens with one attached hydrogen (secondary N) is 1. The summed E-state index contributed by atoms with van der Waals surface area (Å²) in [5.74, 6) is 1.69. The molecule has 1 saturated heterocycles. The number of carbonyl (C=O) groups excluding carboxylic acids is 1. The molecule has 1 aliphatic heterocycles. The molecule has 1 amide bonds. The molecule has 1 fully saturated rings. The maximum Gasteiger partial charge on any atom is 0.228 e. The van der Waals surface area contributed by atoms with Crippen LogP contribution in [0, 0.1) is 5.92 Å². The predicted octanol–water partition coefficient (Wildman–Crippen LogP) is 3.48. The van der Waals surface area contributed by atoms with Crippen molar-refractivity contribution in [2.75, 3.05) is 32.1 Å². The fourth-order valence-corrected chi connectivity index (χ4v) is 4.02. The zero-order chi connectivity index (χ0) is 20.2. The van der Waals surface area contributed by atoms with Crippen LogP contribution in [0.2, 0.25) is 0 Å². The Morgan fingerprint density at radius 3 is 2.59 bits per heavy atom. The van der Waals surface area contributed by atoms with Gasteiger partial charge < -0.3 is 15.0 Å². The van der Waals surface area contributed by atoms with Crippen molar-refractivity contribution in [3.63, 3.8) is 0 Å². The van der Waals surface area contributed by atoms with Crippen LogP contribution in [0.5, 0.6) is 5.75 Å². The molecule has 2 heterocycles. The van der Waals surface area contributed by atoms with Crippen molar-refractivity contribution in [1.82, 2.24) is 14.7 Å². The van der Waals surface area contributed by atoms with Crippen molar-refractivity contribution in [1.29, 1.82) is 0 Å². The van der Waals surface area contributed by atoms with Gasteiger partial charge in [-0.3, -0.25) is 9.48 Å². The van der Waals surface area contributed by atoms with Gasteiger partial charge in [0.05, 0.1) is 12.6 Å². The molecule has 6 nitrogen and oxygen atoms in total. The number of hydrogen-bond donors (Lipinski definition) is 1. The van der Waals surface area contributed by atoms with E-state index < -0.39 is 0 Å². The van der Waals surface area contributed by atoms with Crippen molar-refractivity contribution < 1.29 is 9.53 Å². The van der Waals surface area contributed by atoms with Gasteiger partial charge in [-0.2, -0.15) is 5.10 Å². The molecule has 0 unspecified atom stereocenters. The minimum absolute atomic E-state index is 0.0491. The van der Waals surface area contributed by atoms with Gasteiger partial charge in [-0.15, -0.1) is 0 Å². The Morgan fingerprint density at radius 2 is 1.86 bits per heavy atom. The van der Waals surface area contributed by atoms with Crippen LogP contribution in [0.15, 0.2) is 48.5 Å². The Labute approximate surface area is 171 Å². The van der Waals surface area contributed by atoms with E-state index in [-0.39, 0.29) is 11.8 Å². The van der Waals surface area contributed by atoms with E-state index in [1.807, 2.05) is 48.1 Å². The number of hydrogen-bond acceptors (Lipinski definition) is 4. The highest BCUT2D eigenvalue weighted by molar-refractivity contribution is 6.00. The normalized spacial score (nSPS) is 15.5.